The van der Waals surface area contributed by atoms with E-state index in [0.29, 0.717) is 17.8 Å². The SMILES string of the molecule is O=C(NCCCc1ccccc1)c1ccnc(C(=O)Nc2cccc(F)c2)c1. The highest BCUT2D eigenvalue weighted by Crippen LogP contribution is 2.11. The van der Waals surface area contributed by atoms with Crippen LogP contribution in [0.4, 0.5) is 10.1 Å². The fourth-order valence-corrected chi connectivity index (χ4v) is 2.70. The number of nitrogens with one attached hydrogen (secondary N) is 2. The van der Waals surface area contributed by atoms with E-state index >= 15 is 0 Å². The first-order valence-corrected chi connectivity index (χ1v) is 8.97. The highest BCUT2D eigenvalue weighted by Gasteiger charge is 2.12. The Balaban J connectivity index is 1.54. The van der Waals surface area contributed by atoms with E-state index in [4.69, 9.17) is 0 Å². The molecule has 0 bridgehead atoms. The van der Waals surface area contributed by atoms with E-state index in [1.165, 1.54) is 36.0 Å². The molecule has 0 aliphatic carbocycles. The average molecular weight is 377 g/mol. The Labute approximate surface area is 162 Å². The number of rotatable bonds is 7. The number of pyridine rings is 1. The molecule has 2 amide bonds. The van der Waals surface area contributed by atoms with Gasteiger partial charge in [0.2, 0.25) is 0 Å². The lowest BCUT2D eigenvalue weighted by molar-refractivity contribution is 0.0953. The van der Waals surface area contributed by atoms with Crippen LogP contribution in [0, 0.1) is 5.82 Å². The normalized spacial score (nSPS) is 10.3. The monoisotopic (exact) mass is 377 g/mol. The molecule has 0 atom stereocenters. The van der Waals surface area contributed by atoms with Crippen molar-refractivity contribution in [3.05, 3.63) is 95.6 Å². The van der Waals surface area contributed by atoms with E-state index in [1.54, 1.807) is 12.1 Å². The van der Waals surface area contributed by atoms with Gasteiger partial charge >= 0.3 is 0 Å². The van der Waals surface area contributed by atoms with Gasteiger partial charge in [-0.3, -0.25) is 14.6 Å². The fourth-order valence-electron chi connectivity index (χ4n) is 2.70. The van der Waals surface area contributed by atoms with Crippen LogP contribution in [0.1, 0.15) is 32.8 Å². The van der Waals surface area contributed by atoms with E-state index in [-0.39, 0.29) is 11.6 Å². The van der Waals surface area contributed by atoms with E-state index in [2.05, 4.69) is 15.6 Å². The van der Waals surface area contributed by atoms with Gasteiger partial charge in [0.15, 0.2) is 0 Å². The Kier molecular flexibility index (Phi) is 6.46. The molecule has 0 spiro atoms. The number of nitrogens with zero attached hydrogens (tertiary/aromatic N) is 1. The zero-order valence-electron chi connectivity index (χ0n) is 15.2. The van der Waals surface area contributed by atoms with E-state index in [9.17, 15) is 14.0 Å². The van der Waals surface area contributed by atoms with Crippen LogP contribution in [-0.2, 0) is 6.42 Å². The highest BCUT2D eigenvalue weighted by molar-refractivity contribution is 6.04. The summed E-state index contributed by atoms with van der Waals surface area (Å²) in [6.07, 6.45) is 3.09. The number of hydrogen-bond acceptors (Lipinski definition) is 3. The van der Waals surface area contributed by atoms with Gasteiger partial charge in [-0.2, -0.15) is 0 Å². The maximum atomic E-state index is 13.2. The summed E-state index contributed by atoms with van der Waals surface area (Å²) in [4.78, 5) is 28.6. The fraction of sp³-hybridized carbons (Fsp3) is 0.136. The summed E-state index contributed by atoms with van der Waals surface area (Å²) in [6, 6.07) is 18.6. The van der Waals surface area contributed by atoms with Gasteiger partial charge in [0, 0.05) is 24.0 Å². The van der Waals surface area contributed by atoms with Gasteiger partial charge in [-0.05, 0) is 48.7 Å². The largest absolute Gasteiger partial charge is 0.352 e. The third kappa shape index (κ3) is 5.48. The van der Waals surface area contributed by atoms with Crippen molar-refractivity contribution in [3.8, 4) is 0 Å². The van der Waals surface area contributed by atoms with Crippen LogP contribution in [-0.4, -0.2) is 23.3 Å². The maximum Gasteiger partial charge on any atom is 0.274 e. The summed E-state index contributed by atoms with van der Waals surface area (Å²) in [5.74, 6) is -1.23. The van der Waals surface area contributed by atoms with Gasteiger partial charge in [0.1, 0.15) is 11.5 Å². The second kappa shape index (κ2) is 9.41. The van der Waals surface area contributed by atoms with Crippen molar-refractivity contribution in [1.82, 2.24) is 10.3 Å². The zero-order chi connectivity index (χ0) is 19.8. The van der Waals surface area contributed by atoms with Gasteiger partial charge in [-0.25, -0.2) is 4.39 Å². The van der Waals surface area contributed by atoms with Crippen molar-refractivity contribution in [2.45, 2.75) is 12.8 Å². The lowest BCUT2D eigenvalue weighted by Gasteiger charge is -2.08. The molecule has 0 saturated carbocycles. The number of amides is 2. The summed E-state index contributed by atoms with van der Waals surface area (Å²) < 4.78 is 13.2. The van der Waals surface area contributed by atoms with Crippen LogP contribution in [0.25, 0.3) is 0 Å². The summed E-state index contributed by atoms with van der Waals surface area (Å²) in [7, 11) is 0. The molecular weight excluding hydrogens is 357 g/mol. The standard InChI is InChI=1S/C22H20FN3O2/c23-18-9-4-10-19(15-18)26-22(28)20-14-17(11-13-24-20)21(27)25-12-5-8-16-6-2-1-3-7-16/h1-4,6-7,9-11,13-15H,5,8,12H2,(H,25,27)(H,26,28). The van der Waals surface area contributed by atoms with Crippen LogP contribution < -0.4 is 10.6 Å². The predicted octanol–water partition coefficient (Wildman–Crippen LogP) is 3.84. The molecule has 28 heavy (non-hydrogen) atoms. The molecule has 1 heterocycles. The number of anilines is 1. The Morgan fingerprint density at radius 3 is 2.54 bits per heavy atom. The summed E-state index contributed by atoms with van der Waals surface area (Å²) in [6.45, 7) is 0.529. The Bertz CT molecular complexity index is 961. The Morgan fingerprint density at radius 1 is 0.929 bits per heavy atom. The van der Waals surface area contributed by atoms with Gasteiger partial charge in [0.05, 0.1) is 0 Å². The van der Waals surface area contributed by atoms with Crippen molar-refractivity contribution in [2.24, 2.45) is 0 Å². The van der Waals surface area contributed by atoms with Crippen LogP contribution in [0.2, 0.25) is 0 Å². The van der Waals surface area contributed by atoms with E-state index in [1.807, 2.05) is 30.3 Å². The van der Waals surface area contributed by atoms with Crippen molar-refractivity contribution in [2.75, 3.05) is 11.9 Å². The van der Waals surface area contributed by atoms with Crippen LogP contribution in [0.3, 0.4) is 0 Å². The van der Waals surface area contributed by atoms with Crippen molar-refractivity contribution >= 4 is 17.5 Å². The van der Waals surface area contributed by atoms with Gasteiger partial charge in [-0.1, -0.05) is 36.4 Å². The second-order valence-corrected chi connectivity index (χ2v) is 6.24. The number of carbonyl (C=O) groups excluding carboxylic acids is 2. The first-order valence-electron chi connectivity index (χ1n) is 8.97. The molecule has 0 saturated heterocycles. The highest BCUT2D eigenvalue weighted by atomic mass is 19.1. The molecular formula is C22H20FN3O2. The van der Waals surface area contributed by atoms with Crippen molar-refractivity contribution < 1.29 is 14.0 Å². The van der Waals surface area contributed by atoms with Gasteiger partial charge in [-0.15, -0.1) is 0 Å². The first-order chi connectivity index (χ1) is 13.6. The smallest absolute Gasteiger partial charge is 0.274 e. The molecule has 3 aromatic rings. The third-order valence-electron chi connectivity index (χ3n) is 4.11. The quantitative estimate of drug-likeness (QED) is 0.615. The number of hydrogen-bond donors (Lipinski definition) is 2. The third-order valence-corrected chi connectivity index (χ3v) is 4.11. The molecule has 0 aliphatic rings. The van der Waals surface area contributed by atoms with Gasteiger partial charge in [0.25, 0.3) is 11.8 Å². The first kappa shape index (κ1) is 19.2. The molecule has 0 unspecified atom stereocenters. The van der Waals surface area contributed by atoms with Crippen LogP contribution in [0.15, 0.2) is 72.9 Å². The minimum Gasteiger partial charge on any atom is -0.352 e. The molecule has 3 rings (SSSR count). The molecule has 6 heteroatoms. The molecule has 0 radical (unpaired) electrons. The van der Waals surface area contributed by atoms with Crippen molar-refractivity contribution in [1.29, 1.82) is 0 Å². The number of aryl methyl sites for hydroxylation is 1. The average Bonchev–Trinajstić information content (AvgIpc) is 2.72. The summed E-state index contributed by atoms with van der Waals surface area (Å²) >= 11 is 0. The van der Waals surface area contributed by atoms with E-state index in [0.717, 1.165) is 12.8 Å². The number of aromatic nitrogens is 1. The van der Waals surface area contributed by atoms with Crippen molar-refractivity contribution in [3.63, 3.8) is 0 Å². The minimum atomic E-state index is -0.510. The number of carbonyl (C=O) groups is 2. The summed E-state index contributed by atoms with van der Waals surface area (Å²) in [5.41, 5.74) is 1.97. The molecule has 2 N–H and O–H groups in total. The Morgan fingerprint density at radius 2 is 1.75 bits per heavy atom. The maximum absolute atomic E-state index is 13.2. The zero-order valence-corrected chi connectivity index (χ0v) is 15.2. The van der Waals surface area contributed by atoms with Crippen LogP contribution in [0.5, 0.6) is 0 Å². The van der Waals surface area contributed by atoms with Gasteiger partial charge < -0.3 is 10.6 Å². The lowest BCUT2D eigenvalue weighted by Crippen LogP contribution is -2.25. The number of halogens is 1. The lowest BCUT2D eigenvalue weighted by atomic mass is 10.1. The Hall–Kier alpha value is -3.54. The topological polar surface area (TPSA) is 71.1 Å². The minimum absolute atomic E-state index is 0.0844. The molecule has 0 aliphatic heterocycles. The molecule has 142 valence electrons. The molecule has 1 aromatic heterocycles. The molecule has 0 fully saturated rings. The number of benzene rings is 2. The van der Waals surface area contributed by atoms with E-state index < -0.39 is 11.7 Å². The van der Waals surface area contributed by atoms with Crippen LogP contribution >= 0.6 is 0 Å². The summed E-state index contributed by atoms with van der Waals surface area (Å²) in [5, 5.41) is 5.41. The molecule has 2 aromatic carbocycles. The molecule has 5 nitrogen and oxygen atoms in total. The predicted molar refractivity (Wildman–Crippen MR) is 106 cm³/mol. The second-order valence-electron chi connectivity index (χ2n) is 6.24.